The van der Waals surface area contributed by atoms with Crippen LogP contribution in [0, 0.1) is 6.92 Å². The van der Waals surface area contributed by atoms with Crippen LogP contribution in [0.5, 0.6) is 0 Å². The molecule has 1 aromatic heterocycles. The number of amides is 1. The number of benzene rings is 1. The van der Waals surface area contributed by atoms with Crippen LogP contribution in [0.4, 0.5) is 0 Å². The number of furan rings is 1. The zero-order chi connectivity index (χ0) is 18.6. The normalized spacial score (nSPS) is 20.7. The molecule has 1 saturated heterocycles. The summed E-state index contributed by atoms with van der Waals surface area (Å²) in [6.07, 6.45) is 2.76. The minimum atomic E-state index is -0.0813. The lowest BCUT2D eigenvalue weighted by molar-refractivity contribution is -0.133. The van der Waals surface area contributed by atoms with Crippen LogP contribution in [0.1, 0.15) is 35.8 Å². The lowest BCUT2D eigenvalue weighted by Gasteiger charge is -2.27. The third-order valence-corrected chi connectivity index (χ3v) is 5.14. The third-order valence-electron chi connectivity index (χ3n) is 5.14. The van der Waals surface area contributed by atoms with Gasteiger partial charge >= 0.3 is 0 Å². The molecule has 142 valence electrons. The molecule has 0 saturated carbocycles. The number of aryl methyl sites for hydroxylation is 1. The molecule has 2 aliphatic heterocycles. The first-order valence-electron chi connectivity index (χ1n) is 9.51. The topological polar surface area (TPSA) is 58.3 Å². The van der Waals surface area contributed by atoms with E-state index in [-0.39, 0.29) is 11.9 Å². The summed E-state index contributed by atoms with van der Waals surface area (Å²) in [5.74, 6) is 0.783. The van der Waals surface area contributed by atoms with Crippen LogP contribution in [0.15, 0.2) is 52.2 Å². The van der Waals surface area contributed by atoms with Crippen molar-refractivity contribution in [1.82, 2.24) is 9.91 Å². The first-order valence-corrected chi connectivity index (χ1v) is 9.51. The van der Waals surface area contributed by atoms with Gasteiger partial charge in [0.25, 0.3) is 0 Å². The van der Waals surface area contributed by atoms with Crippen molar-refractivity contribution in [3.05, 3.63) is 59.5 Å². The molecule has 1 amide bonds. The summed E-state index contributed by atoms with van der Waals surface area (Å²) in [5.41, 5.74) is 3.12. The van der Waals surface area contributed by atoms with Crippen LogP contribution >= 0.6 is 0 Å². The van der Waals surface area contributed by atoms with Crippen molar-refractivity contribution in [3.63, 3.8) is 0 Å². The van der Waals surface area contributed by atoms with Gasteiger partial charge in [-0.05, 0) is 24.6 Å². The fourth-order valence-electron chi connectivity index (χ4n) is 3.66. The second-order valence-corrected chi connectivity index (χ2v) is 7.10. The van der Waals surface area contributed by atoms with E-state index in [1.54, 1.807) is 11.3 Å². The van der Waals surface area contributed by atoms with Gasteiger partial charge in [0.2, 0.25) is 5.91 Å². The fourth-order valence-corrected chi connectivity index (χ4v) is 3.66. The molecule has 0 bridgehead atoms. The number of morpholine rings is 1. The number of hydrogen-bond donors (Lipinski definition) is 0. The highest BCUT2D eigenvalue weighted by Gasteiger charge is 2.34. The van der Waals surface area contributed by atoms with Gasteiger partial charge in [-0.15, -0.1) is 0 Å². The SMILES string of the molecule is Cc1cccc([C@H]2CC(c3ccco3)=NN2C(=O)CCN2CCOCC2)c1. The van der Waals surface area contributed by atoms with E-state index in [0.29, 0.717) is 12.8 Å². The summed E-state index contributed by atoms with van der Waals surface area (Å²) in [6.45, 7) is 6.06. The Kier molecular flexibility index (Phi) is 5.36. The van der Waals surface area contributed by atoms with Crippen LogP contribution in [-0.2, 0) is 9.53 Å². The van der Waals surface area contributed by atoms with Crippen molar-refractivity contribution < 1.29 is 13.9 Å². The van der Waals surface area contributed by atoms with Crippen molar-refractivity contribution in [3.8, 4) is 0 Å². The highest BCUT2D eigenvalue weighted by atomic mass is 16.5. The van der Waals surface area contributed by atoms with Crippen LogP contribution in [-0.4, -0.2) is 54.4 Å². The quantitative estimate of drug-likeness (QED) is 0.815. The minimum absolute atomic E-state index is 0.0505. The molecule has 0 radical (unpaired) electrons. The van der Waals surface area contributed by atoms with Gasteiger partial charge in [0.05, 0.1) is 25.5 Å². The highest BCUT2D eigenvalue weighted by Crippen LogP contribution is 2.33. The van der Waals surface area contributed by atoms with Crippen molar-refractivity contribution >= 4 is 11.6 Å². The molecule has 2 aliphatic rings. The molecule has 6 nitrogen and oxygen atoms in total. The van der Waals surface area contributed by atoms with Gasteiger partial charge in [0, 0.05) is 32.5 Å². The Morgan fingerprint density at radius 3 is 2.81 bits per heavy atom. The summed E-state index contributed by atoms with van der Waals surface area (Å²) < 4.78 is 10.9. The molecule has 1 fully saturated rings. The zero-order valence-electron chi connectivity index (χ0n) is 15.6. The summed E-state index contributed by atoms with van der Waals surface area (Å²) >= 11 is 0. The molecule has 0 unspecified atom stereocenters. The van der Waals surface area contributed by atoms with Crippen LogP contribution in [0.3, 0.4) is 0 Å². The monoisotopic (exact) mass is 367 g/mol. The second kappa shape index (κ2) is 8.06. The maximum absolute atomic E-state index is 13.0. The Bertz CT molecular complexity index is 810. The molecule has 1 atom stereocenters. The predicted molar refractivity (Wildman–Crippen MR) is 103 cm³/mol. The van der Waals surface area contributed by atoms with E-state index < -0.39 is 0 Å². The highest BCUT2D eigenvalue weighted by molar-refractivity contribution is 6.01. The van der Waals surface area contributed by atoms with Crippen LogP contribution in [0.2, 0.25) is 0 Å². The number of hydrogen-bond acceptors (Lipinski definition) is 5. The van der Waals surface area contributed by atoms with E-state index >= 15 is 0 Å². The predicted octanol–water partition coefficient (Wildman–Crippen LogP) is 2.99. The summed E-state index contributed by atoms with van der Waals surface area (Å²) in [6, 6.07) is 12.0. The number of rotatable bonds is 5. The standard InChI is InChI=1S/C21H25N3O3/c1-16-4-2-5-17(14-16)19-15-18(20-6-3-11-27-20)22-24(19)21(25)7-8-23-9-12-26-13-10-23/h2-6,11,14,19H,7-10,12-13,15H2,1H3/t19-/m1/s1. The van der Waals surface area contributed by atoms with E-state index in [9.17, 15) is 4.79 Å². The number of hydrazone groups is 1. The molecule has 0 spiro atoms. The van der Waals surface area contributed by atoms with Crippen molar-refractivity contribution in [2.45, 2.75) is 25.8 Å². The smallest absolute Gasteiger partial charge is 0.244 e. The first kappa shape index (κ1) is 17.9. The lowest BCUT2D eigenvalue weighted by Crippen LogP contribution is -2.39. The molecule has 1 aromatic carbocycles. The van der Waals surface area contributed by atoms with Gasteiger partial charge in [0.1, 0.15) is 11.5 Å². The Balaban J connectivity index is 1.52. The van der Waals surface area contributed by atoms with Crippen molar-refractivity contribution in [1.29, 1.82) is 0 Å². The van der Waals surface area contributed by atoms with Crippen LogP contribution in [0.25, 0.3) is 0 Å². The number of carbonyl (C=O) groups excluding carboxylic acids is 1. The molecule has 6 heteroatoms. The number of nitrogens with zero attached hydrogens (tertiary/aromatic N) is 3. The van der Waals surface area contributed by atoms with Gasteiger partial charge in [0.15, 0.2) is 0 Å². The molecule has 4 rings (SSSR count). The summed E-state index contributed by atoms with van der Waals surface area (Å²) in [7, 11) is 0. The number of ether oxygens (including phenoxy) is 1. The molecule has 0 N–H and O–H groups in total. The molecule has 27 heavy (non-hydrogen) atoms. The molecule has 0 aliphatic carbocycles. The lowest BCUT2D eigenvalue weighted by atomic mass is 9.99. The van der Waals surface area contributed by atoms with E-state index in [4.69, 9.17) is 9.15 Å². The van der Waals surface area contributed by atoms with E-state index in [0.717, 1.165) is 49.9 Å². The average Bonchev–Trinajstić information content (AvgIpc) is 3.36. The maximum Gasteiger partial charge on any atom is 0.244 e. The Morgan fingerprint density at radius 2 is 2.07 bits per heavy atom. The average molecular weight is 367 g/mol. The van der Waals surface area contributed by atoms with Gasteiger partial charge in [-0.1, -0.05) is 29.8 Å². The minimum Gasteiger partial charge on any atom is -0.463 e. The van der Waals surface area contributed by atoms with Gasteiger partial charge in [-0.25, -0.2) is 5.01 Å². The van der Waals surface area contributed by atoms with Gasteiger partial charge < -0.3 is 9.15 Å². The molecule has 2 aromatic rings. The van der Waals surface area contributed by atoms with Crippen LogP contribution < -0.4 is 0 Å². The van der Waals surface area contributed by atoms with Crippen molar-refractivity contribution in [2.24, 2.45) is 5.10 Å². The molecule has 3 heterocycles. The van der Waals surface area contributed by atoms with E-state index in [2.05, 4.69) is 35.1 Å². The first-order chi connectivity index (χ1) is 13.2. The summed E-state index contributed by atoms with van der Waals surface area (Å²) in [4.78, 5) is 15.3. The molecular weight excluding hydrogens is 342 g/mol. The third kappa shape index (κ3) is 4.12. The fraction of sp³-hybridized carbons (Fsp3) is 0.429. The summed E-state index contributed by atoms with van der Waals surface area (Å²) in [5, 5.41) is 6.30. The van der Waals surface area contributed by atoms with Crippen molar-refractivity contribution in [2.75, 3.05) is 32.8 Å². The zero-order valence-corrected chi connectivity index (χ0v) is 15.6. The van der Waals surface area contributed by atoms with Gasteiger partial charge in [-0.3, -0.25) is 9.69 Å². The Morgan fingerprint density at radius 1 is 1.22 bits per heavy atom. The molecular formula is C21H25N3O3. The Labute approximate surface area is 159 Å². The maximum atomic E-state index is 13.0. The van der Waals surface area contributed by atoms with E-state index in [1.807, 2.05) is 18.2 Å². The van der Waals surface area contributed by atoms with Gasteiger partial charge in [-0.2, -0.15) is 5.10 Å². The largest absolute Gasteiger partial charge is 0.463 e. The number of carbonyl (C=O) groups is 1. The second-order valence-electron chi connectivity index (χ2n) is 7.10. The van der Waals surface area contributed by atoms with E-state index in [1.165, 1.54) is 5.56 Å². The Hall–Kier alpha value is -2.44.